The molecule has 0 spiro atoms. The highest BCUT2D eigenvalue weighted by Gasteiger charge is 2.38. The summed E-state index contributed by atoms with van der Waals surface area (Å²) in [7, 11) is -3.89. The van der Waals surface area contributed by atoms with Crippen molar-refractivity contribution in [2.24, 2.45) is 0 Å². The largest absolute Gasteiger partial charge is 0.493 e. The molecule has 196 valence electrons. The quantitative estimate of drug-likeness (QED) is 0.381. The Morgan fingerprint density at radius 2 is 1.97 bits per heavy atom. The van der Waals surface area contributed by atoms with Crippen LogP contribution in [0.5, 0.6) is 5.75 Å². The van der Waals surface area contributed by atoms with Crippen molar-refractivity contribution in [2.75, 3.05) is 6.61 Å². The zero-order valence-electron chi connectivity index (χ0n) is 20.5. The molecule has 0 radical (unpaired) electrons. The van der Waals surface area contributed by atoms with E-state index in [2.05, 4.69) is 10.1 Å². The highest BCUT2D eigenvalue weighted by Crippen LogP contribution is 2.34. The highest BCUT2D eigenvalue weighted by molar-refractivity contribution is 7.91. The Hall–Kier alpha value is -3.47. The van der Waals surface area contributed by atoms with Gasteiger partial charge in [0, 0.05) is 23.4 Å². The molecule has 0 unspecified atom stereocenters. The van der Waals surface area contributed by atoms with Crippen molar-refractivity contribution in [1.29, 1.82) is 0 Å². The number of unbranched alkanes of at least 4 members (excludes halogenated alkanes) is 1. The van der Waals surface area contributed by atoms with E-state index < -0.39 is 32.6 Å². The molecule has 2 aliphatic rings. The third-order valence-electron chi connectivity index (χ3n) is 6.79. The second-order valence-electron chi connectivity index (χ2n) is 9.59. The molecule has 2 aromatic heterocycles. The molecular weight excluding hydrogens is 499 g/mol. The number of nitrogens with zero attached hydrogens (tertiary/aromatic N) is 2. The van der Waals surface area contributed by atoms with E-state index in [1.165, 1.54) is 18.2 Å². The van der Waals surface area contributed by atoms with Gasteiger partial charge in [-0.3, -0.25) is 14.3 Å². The summed E-state index contributed by atoms with van der Waals surface area (Å²) in [5.74, 6) is -1.27. The molecule has 0 atom stereocenters. The number of benzene rings is 1. The first-order valence-electron chi connectivity index (χ1n) is 12.6. The van der Waals surface area contributed by atoms with E-state index >= 15 is 4.39 Å². The van der Waals surface area contributed by atoms with Gasteiger partial charge in [-0.2, -0.15) is 5.10 Å². The number of pyridine rings is 1. The topological polar surface area (TPSA) is 123 Å². The van der Waals surface area contributed by atoms with Gasteiger partial charge in [-0.15, -0.1) is 0 Å². The van der Waals surface area contributed by atoms with Crippen LogP contribution in [0, 0.1) is 5.82 Å². The Morgan fingerprint density at radius 3 is 2.62 bits per heavy atom. The summed E-state index contributed by atoms with van der Waals surface area (Å²) in [5.41, 5.74) is -0.519. The van der Waals surface area contributed by atoms with Crippen LogP contribution >= 0.6 is 0 Å². The maximum atomic E-state index is 15.1. The Labute approximate surface area is 214 Å². The first kappa shape index (κ1) is 25.2. The predicted octanol–water partition coefficient (Wildman–Crippen LogP) is 4.17. The highest BCUT2D eigenvalue weighted by atomic mass is 32.2. The van der Waals surface area contributed by atoms with Crippen LogP contribution in [-0.4, -0.2) is 40.9 Å². The third-order valence-corrected chi connectivity index (χ3v) is 8.61. The van der Waals surface area contributed by atoms with Crippen LogP contribution in [0.4, 0.5) is 4.39 Å². The van der Waals surface area contributed by atoms with Gasteiger partial charge in [0.25, 0.3) is 11.5 Å². The average molecular weight is 529 g/mol. The summed E-state index contributed by atoms with van der Waals surface area (Å²) in [6.45, 7) is 2.50. The predicted molar refractivity (Wildman–Crippen MR) is 136 cm³/mol. The second kappa shape index (κ2) is 10.1. The number of hydrogen-bond donors (Lipinski definition) is 2. The number of ether oxygens (including phenoxy) is 1. The van der Waals surface area contributed by atoms with Gasteiger partial charge >= 0.3 is 0 Å². The number of carbonyl (C=O) groups excluding carboxylic acids is 1. The van der Waals surface area contributed by atoms with Crippen molar-refractivity contribution >= 4 is 15.9 Å². The molecule has 2 heterocycles. The summed E-state index contributed by atoms with van der Waals surface area (Å²) in [4.78, 5) is 28.8. The lowest BCUT2D eigenvalue weighted by molar-refractivity contribution is 0.0980. The maximum absolute atomic E-state index is 15.1. The molecular formula is C26H29FN4O5S. The Morgan fingerprint density at radius 1 is 1.19 bits per heavy atom. The molecule has 0 bridgehead atoms. The minimum absolute atomic E-state index is 0.108. The van der Waals surface area contributed by atoms with Gasteiger partial charge < -0.3 is 9.72 Å². The molecule has 1 aromatic carbocycles. The summed E-state index contributed by atoms with van der Waals surface area (Å²) in [6.07, 6.45) is 7.54. The van der Waals surface area contributed by atoms with Crippen molar-refractivity contribution in [3.8, 4) is 28.3 Å². The molecule has 2 fully saturated rings. The number of aromatic amines is 1. The summed E-state index contributed by atoms with van der Waals surface area (Å²) < 4.78 is 49.3. The summed E-state index contributed by atoms with van der Waals surface area (Å²) in [5, 5.41) is 3.93. The molecule has 1 amide bonds. The molecule has 9 nitrogen and oxygen atoms in total. The SMILES string of the molecule is CCCCOc1ccc(-c2cc(-c3ccn(C4CCC4)n3)c(C(=O)NS(=O)(=O)C3CC3)c(=O)[nH]2)c(F)c1. The Kier molecular flexibility index (Phi) is 6.89. The number of sulfonamides is 1. The molecule has 37 heavy (non-hydrogen) atoms. The van der Waals surface area contributed by atoms with Gasteiger partial charge in [0.15, 0.2) is 0 Å². The maximum Gasteiger partial charge on any atom is 0.271 e. The fraction of sp³-hybridized carbons (Fsp3) is 0.423. The number of nitrogens with one attached hydrogen (secondary N) is 2. The lowest BCUT2D eigenvalue weighted by Gasteiger charge is -2.25. The average Bonchev–Trinajstić information content (AvgIpc) is 3.58. The van der Waals surface area contributed by atoms with Gasteiger partial charge in [-0.1, -0.05) is 13.3 Å². The van der Waals surface area contributed by atoms with E-state index in [0.29, 0.717) is 30.9 Å². The van der Waals surface area contributed by atoms with Crippen molar-refractivity contribution in [3.05, 3.63) is 58.3 Å². The number of hydrogen-bond acceptors (Lipinski definition) is 6. The molecule has 3 aromatic rings. The van der Waals surface area contributed by atoms with Crippen LogP contribution in [0.3, 0.4) is 0 Å². The van der Waals surface area contributed by atoms with Crippen LogP contribution in [0.15, 0.2) is 41.3 Å². The minimum Gasteiger partial charge on any atom is -0.493 e. The molecule has 2 aliphatic carbocycles. The fourth-order valence-electron chi connectivity index (χ4n) is 4.25. The Balaban J connectivity index is 1.55. The molecule has 5 rings (SSSR count). The Bertz CT molecular complexity index is 1490. The molecule has 0 aliphatic heterocycles. The molecule has 11 heteroatoms. The zero-order chi connectivity index (χ0) is 26.2. The first-order chi connectivity index (χ1) is 17.8. The lowest BCUT2D eigenvalue weighted by atomic mass is 9.93. The van der Waals surface area contributed by atoms with Gasteiger partial charge in [0.2, 0.25) is 10.0 Å². The van der Waals surface area contributed by atoms with Crippen LogP contribution in [0.2, 0.25) is 0 Å². The van der Waals surface area contributed by atoms with Crippen molar-refractivity contribution in [2.45, 2.75) is 63.2 Å². The normalized spacial score (nSPS) is 15.8. The van der Waals surface area contributed by atoms with Gasteiger partial charge in [0.05, 0.1) is 29.3 Å². The summed E-state index contributed by atoms with van der Waals surface area (Å²) >= 11 is 0. The minimum atomic E-state index is -3.89. The first-order valence-corrected chi connectivity index (χ1v) is 14.1. The zero-order valence-corrected chi connectivity index (χ0v) is 21.3. The van der Waals surface area contributed by atoms with Crippen LogP contribution in [0.1, 0.15) is 68.3 Å². The van der Waals surface area contributed by atoms with Gasteiger partial charge in [-0.25, -0.2) is 17.5 Å². The van der Waals surface area contributed by atoms with E-state index in [1.54, 1.807) is 23.0 Å². The van der Waals surface area contributed by atoms with E-state index in [9.17, 15) is 18.0 Å². The summed E-state index contributed by atoms with van der Waals surface area (Å²) in [6, 6.07) is 7.72. The number of H-pyrrole nitrogens is 1. The standard InChI is InChI=1S/C26H29FN4O5S/c1-2-3-13-36-17-7-10-19(21(27)14-17)23-15-20(22-11-12-31(29-22)16-5-4-6-16)24(25(32)28-23)26(33)30-37(34,35)18-8-9-18/h7,10-12,14-16,18H,2-6,8-9,13H2,1H3,(H,28,32)(H,30,33). The molecule has 0 saturated heterocycles. The van der Waals surface area contributed by atoms with E-state index in [0.717, 1.165) is 32.1 Å². The van der Waals surface area contributed by atoms with Gasteiger partial charge in [-0.05, 0) is 62.8 Å². The van der Waals surface area contributed by atoms with Crippen molar-refractivity contribution in [1.82, 2.24) is 19.5 Å². The van der Waals surface area contributed by atoms with E-state index in [4.69, 9.17) is 4.74 Å². The fourth-order valence-corrected chi connectivity index (χ4v) is 5.53. The number of amides is 1. The smallest absolute Gasteiger partial charge is 0.271 e. The number of carbonyl (C=O) groups is 1. The van der Waals surface area contributed by atoms with Crippen LogP contribution in [-0.2, 0) is 10.0 Å². The van der Waals surface area contributed by atoms with Crippen molar-refractivity contribution < 1.29 is 22.3 Å². The second-order valence-corrected chi connectivity index (χ2v) is 11.5. The molecule has 2 saturated carbocycles. The van der Waals surface area contributed by atoms with Crippen LogP contribution in [0.25, 0.3) is 22.5 Å². The van der Waals surface area contributed by atoms with Crippen LogP contribution < -0.4 is 15.0 Å². The lowest BCUT2D eigenvalue weighted by Crippen LogP contribution is -2.37. The third kappa shape index (κ3) is 5.31. The number of halogens is 1. The van der Waals surface area contributed by atoms with E-state index in [-0.39, 0.29) is 28.4 Å². The van der Waals surface area contributed by atoms with Crippen molar-refractivity contribution in [3.63, 3.8) is 0 Å². The molecule has 2 N–H and O–H groups in total. The number of rotatable bonds is 10. The monoisotopic (exact) mass is 528 g/mol. The van der Waals surface area contributed by atoms with Gasteiger partial charge in [0.1, 0.15) is 17.1 Å². The van der Waals surface area contributed by atoms with E-state index in [1.807, 2.05) is 11.6 Å². The number of aromatic nitrogens is 3.